The van der Waals surface area contributed by atoms with Crippen LogP contribution in [-0.2, 0) is 5.75 Å². The summed E-state index contributed by atoms with van der Waals surface area (Å²) in [5, 5.41) is 9.41. The normalized spacial score (nSPS) is 10.4. The molecule has 1 aromatic heterocycles. The molecule has 3 rings (SSSR count). The number of hydrogen-bond donors (Lipinski definition) is 0. The first-order chi connectivity index (χ1) is 12.5. The van der Waals surface area contributed by atoms with E-state index in [0.717, 1.165) is 17.7 Å². The summed E-state index contributed by atoms with van der Waals surface area (Å²) in [6.07, 6.45) is 0. The first-order valence-electron chi connectivity index (χ1n) is 7.64. The summed E-state index contributed by atoms with van der Waals surface area (Å²) in [5.41, 5.74) is 2.21. The molecular weight excluding hydrogens is 356 g/mol. The van der Waals surface area contributed by atoms with Crippen LogP contribution in [0.15, 0.2) is 53.7 Å². The zero-order chi connectivity index (χ0) is 18.5. The fourth-order valence-corrected chi connectivity index (χ4v) is 3.02. The molecule has 0 aliphatic rings. The Bertz CT molecular complexity index is 989. The Morgan fingerprint density at radius 1 is 1.12 bits per heavy atom. The molecule has 0 spiro atoms. The van der Waals surface area contributed by atoms with Gasteiger partial charge in [0.1, 0.15) is 5.82 Å². The van der Waals surface area contributed by atoms with Crippen LogP contribution in [0, 0.1) is 29.9 Å². The van der Waals surface area contributed by atoms with Crippen LogP contribution < -0.4 is 4.74 Å². The van der Waals surface area contributed by atoms with E-state index >= 15 is 0 Å². The summed E-state index contributed by atoms with van der Waals surface area (Å²) >= 11 is 1.37. The highest BCUT2D eigenvalue weighted by atomic mass is 32.2. The fraction of sp³-hybridized carbons (Fsp3) is 0.105. The minimum absolute atomic E-state index is 0.109. The number of aryl methyl sites for hydroxylation is 1. The average Bonchev–Trinajstić information content (AvgIpc) is 2.62. The highest BCUT2D eigenvalue weighted by Gasteiger charge is 2.10. The Morgan fingerprint density at radius 3 is 2.73 bits per heavy atom. The summed E-state index contributed by atoms with van der Waals surface area (Å²) in [6, 6.07) is 14.0. The van der Waals surface area contributed by atoms with Crippen LogP contribution in [-0.4, -0.2) is 9.97 Å². The van der Waals surface area contributed by atoms with Gasteiger partial charge in [-0.3, -0.25) is 0 Å². The lowest BCUT2D eigenvalue weighted by atomic mass is 10.2. The summed E-state index contributed by atoms with van der Waals surface area (Å²) in [4.78, 5) is 8.58. The first kappa shape index (κ1) is 17.8. The quantitative estimate of drug-likeness (QED) is 0.467. The number of ether oxygens (including phenoxy) is 1. The number of nitrogens with zero attached hydrogens (tertiary/aromatic N) is 3. The van der Waals surface area contributed by atoms with E-state index in [4.69, 9.17) is 10.00 Å². The van der Waals surface area contributed by atoms with Crippen molar-refractivity contribution >= 4 is 11.8 Å². The van der Waals surface area contributed by atoms with E-state index in [9.17, 15) is 8.78 Å². The number of thioether (sulfide) groups is 1. The van der Waals surface area contributed by atoms with Crippen molar-refractivity contribution in [1.82, 2.24) is 9.97 Å². The van der Waals surface area contributed by atoms with Gasteiger partial charge in [-0.25, -0.2) is 13.8 Å². The molecule has 0 aliphatic heterocycles. The number of halogens is 2. The highest BCUT2D eigenvalue weighted by molar-refractivity contribution is 7.98. The van der Waals surface area contributed by atoms with E-state index in [2.05, 4.69) is 16.0 Å². The van der Waals surface area contributed by atoms with Gasteiger partial charge in [0, 0.05) is 23.6 Å². The van der Waals surface area contributed by atoms with Crippen LogP contribution in [0.3, 0.4) is 0 Å². The standard InChI is InChI=1S/C19H13F2N3OS/c1-12-7-18(25-17-6-5-15(20)9-16(17)21)24-19(23-12)26-11-14-4-2-3-13(8-14)10-22/h2-9H,11H2,1H3. The highest BCUT2D eigenvalue weighted by Crippen LogP contribution is 2.27. The second-order valence-electron chi connectivity index (χ2n) is 5.41. The molecule has 0 unspecified atom stereocenters. The molecule has 0 fully saturated rings. The van der Waals surface area contributed by atoms with Gasteiger partial charge in [-0.2, -0.15) is 10.2 Å². The second kappa shape index (κ2) is 7.93. The summed E-state index contributed by atoms with van der Waals surface area (Å²) in [7, 11) is 0. The van der Waals surface area contributed by atoms with Gasteiger partial charge in [0.05, 0.1) is 11.6 Å². The van der Waals surface area contributed by atoms with Crippen LogP contribution >= 0.6 is 11.8 Å². The Balaban J connectivity index is 1.76. The monoisotopic (exact) mass is 369 g/mol. The Labute approximate surface area is 153 Å². The zero-order valence-corrected chi connectivity index (χ0v) is 14.6. The zero-order valence-electron chi connectivity index (χ0n) is 13.7. The van der Waals surface area contributed by atoms with Gasteiger partial charge in [-0.15, -0.1) is 0 Å². The Hall–Kier alpha value is -2.98. The van der Waals surface area contributed by atoms with E-state index in [1.165, 1.54) is 17.8 Å². The summed E-state index contributed by atoms with van der Waals surface area (Å²) < 4.78 is 32.1. The second-order valence-corrected chi connectivity index (χ2v) is 6.35. The number of rotatable bonds is 5. The Morgan fingerprint density at radius 2 is 1.96 bits per heavy atom. The third-order valence-corrected chi connectivity index (χ3v) is 4.26. The number of hydrogen-bond acceptors (Lipinski definition) is 5. The molecule has 0 aliphatic carbocycles. The van der Waals surface area contributed by atoms with Crippen LogP contribution in [0.5, 0.6) is 11.6 Å². The van der Waals surface area contributed by atoms with Crippen molar-refractivity contribution in [3.8, 4) is 17.7 Å². The Kier molecular flexibility index (Phi) is 5.44. The third-order valence-electron chi connectivity index (χ3n) is 3.34. The van der Waals surface area contributed by atoms with Gasteiger partial charge >= 0.3 is 0 Å². The minimum Gasteiger partial charge on any atom is -0.436 e. The SMILES string of the molecule is Cc1cc(Oc2ccc(F)cc2F)nc(SCc2cccc(C#N)c2)n1. The van der Waals surface area contributed by atoms with E-state index < -0.39 is 11.6 Å². The molecule has 0 saturated carbocycles. The van der Waals surface area contributed by atoms with E-state index in [1.54, 1.807) is 25.1 Å². The van der Waals surface area contributed by atoms with Crippen LogP contribution in [0.2, 0.25) is 0 Å². The van der Waals surface area contributed by atoms with E-state index in [-0.39, 0.29) is 11.6 Å². The first-order valence-corrected chi connectivity index (χ1v) is 8.62. The molecule has 7 heteroatoms. The predicted molar refractivity (Wildman–Crippen MR) is 93.9 cm³/mol. The number of aromatic nitrogens is 2. The molecular formula is C19H13F2N3OS. The molecule has 26 heavy (non-hydrogen) atoms. The number of nitriles is 1. The van der Waals surface area contributed by atoms with Gasteiger partial charge in [-0.05, 0) is 36.8 Å². The average molecular weight is 369 g/mol. The maximum absolute atomic E-state index is 13.7. The maximum Gasteiger partial charge on any atom is 0.223 e. The maximum atomic E-state index is 13.7. The van der Waals surface area contributed by atoms with Crippen LogP contribution in [0.25, 0.3) is 0 Å². The van der Waals surface area contributed by atoms with Crippen molar-refractivity contribution in [3.05, 3.63) is 77.0 Å². The lowest BCUT2D eigenvalue weighted by Crippen LogP contribution is -1.97. The van der Waals surface area contributed by atoms with Gasteiger partial charge < -0.3 is 4.74 Å². The van der Waals surface area contributed by atoms with Crippen molar-refractivity contribution in [2.24, 2.45) is 0 Å². The van der Waals surface area contributed by atoms with Crippen LogP contribution in [0.1, 0.15) is 16.8 Å². The van der Waals surface area contributed by atoms with Gasteiger partial charge in [0.25, 0.3) is 0 Å². The third kappa shape index (κ3) is 4.55. The number of benzene rings is 2. The molecule has 0 atom stereocenters. The van der Waals surface area contributed by atoms with Gasteiger partial charge in [0.15, 0.2) is 16.7 Å². The molecule has 0 radical (unpaired) electrons. The molecule has 4 nitrogen and oxygen atoms in total. The largest absolute Gasteiger partial charge is 0.436 e. The van der Waals surface area contributed by atoms with E-state index in [0.29, 0.717) is 22.2 Å². The molecule has 2 aromatic carbocycles. The fourth-order valence-electron chi connectivity index (χ4n) is 2.18. The molecule has 0 saturated heterocycles. The van der Waals surface area contributed by atoms with Crippen molar-refractivity contribution in [3.63, 3.8) is 0 Å². The molecule has 1 heterocycles. The smallest absolute Gasteiger partial charge is 0.223 e. The van der Waals surface area contributed by atoms with Crippen molar-refractivity contribution in [1.29, 1.82) is 5.26 Å². The van der Waals surface area contributed by atoms with Gasteiger partial charge in [-0.1, -0.05) is 23.9 Å². The lowest BCUT2D eigenvalue weighted by Gasteiger charge is -2.08. The predicted octanol–water partition coefficient (Wildman–Crippen LogP) is 5.02. The molecule has 0 amide bonds. The summed E-state index contributed by atoms with van der Waals surface area (Å²) in [5.74, 6) is -0.838. The van der Waals surface area contributed by atoms with Crippen LogP contribution in [0.4, 0.5) is 8.78 Å². The topological polar surface area (TPSA) is 58.8 Å². The van der Waals surface area contributed by atoms with Crippen molar-refractivity contribution in [2.75, 3.05) is 0 Å². The minimum atomic E-state index is -0.802. The molecule has 130 valence electrons. The van der Waals surface area contributed by atoms with Crippen molar-refractivity contribution < 1.29 is 13.5 Å². The van der Waals surface area contributed by atoms with Gasteiger partial charge in [0.2, 0.25) is 5.88 Å². The van der Waals surface area contributed by atoms with Crippen molar-refractivity contribution in [2.45, 2.75) is 17.8 Å². The molecule has 3 aromatic rings. The van der Waals surface area contributed by atoms with E-state index in [1.807, 2.05) is 12.1 Å². The molecule has 0 bridgehead atoms. The lowest BCUT2D eigenvalue weighted by molar-refractivity contribution is 0.418. The molecule has 0 N–H and O–H groups in total. The summed E-state index contributed by atoms with van der Waals surface area (Å²) in [6.45, 7) is 1.77.